The molecular weight excluding hydrogens is 348 g/mol. The van der Waals surface area contributed by atoms with Gasteiger partial charge in [0.25, 0.3) is 0 Å². The van der Waals surface area contributed by atoms with Gasteiger partial charge in [0.2, 0.25) is 0 Å². The van der Waals surface area contributed by atoms with Crippen molar-refractivity contribution in [3.63, 3.8) is 0 Å². The zero-order chi connectivity index (χ0) is 21.3. The summed E-state index contributed by atoms with van der Waals surface area (Å²) in [4.78, 5) is 0. The van der Waals surface area contributed by atoms with Gasteiger partial charge in [-0.1, -0.05) is 181 Å². The Morgan fingerprint density at radius 1 is 0.276 bits per heavy atom. The van der Waals surface area contributed by atoms with Crippen LogP contribution < -0.4 is 0 Å². The molecule has 0 amide bonds. The summed E-state index contributed by atoms with van der Waals surface area (Å²) in [6, 6.07) is 0. The molecule has 0 fully saturated rings. The first kappa shape index (κ1) is 29.0. The molecule has 0 nitrogen and oxygen atoms in total. The van der Waals surface area contributed by atoms with E-state index < -0.39 is 0 Å². The minimum Gasteiger partial charge on any atom is -0.0654 e. The predicted octanol–water partition coefficient (Wildman–Crippen LogP) is 11.4. The fourth-order valence-corrected chi connectivity index (χ4v) is 4.78. The molecule has 1 atom stereocenters. The molecule has 0 radical (unpaired) electrons. The Morgan fingerprint density at radius 2 is 0.483 bits per heavy atom. The Balaban J connectivity index is 3.66. The van der Waals surface area contributed by atoms with E-state index in [9.17, 15) is 0 Å². The van der Waals surface area contributed by atoms with Gasteiger partial charge < -0.3 is 0 Å². The lowest BCUT2D eigenvalue weighted by atomic mass is 9.89. The molecule has 29 heavy (non-hydrogen) atoms. The SMILES string of the molecule is CCCCCCCCCCCCCC(CCCCCC)CCCCCCCCC. The molecule has 0 aliphatic carbocycles. The lowest BCUT2D eigenvalue weighted by molar-refractivity contribution is 0.366. The van der Waals surface area contributed by atoms with Gasteiger partial charge in [-0.3, -0.25) is 0 Å². The summed E-state index contributed by atoms with van der Waals surface area (Å²) in [6.07, 6.45) is 36.8. The number of rotatable bonds is 25. The van der Waals surface area contributed by atoms with E-state index in [4.69, 9.17) is 0 Å². The molecule has 0 aliphatic heterocycles. The van der Waals surface area contributed by atoms with E-state index in [1.54, 1.807) is 0 Å². The smallest absolute Gasteiger partial charge is 0.0414 e. The highest BCUT2D eigenvalue weighted by molar-refractivity contribution is 4.62. The van der Waals surface area contributed by atoms with Crippen LogP contribution >= 0.6 is 0 Å². The van der Waals surface area contributed by atoms with E-state index in [1.807, 2.05) is 0 Å². The number of hydrogen-bond donors (Lipinski definition) is 0. The topological polar surface area (TPSA) is 0 Å². The first-order chi connectivity index (χ1) is 14.3. The van der Waals surface area contributed by atoms with Crippen LogP contribution in [-0.4, -0.2) is 0 Å². The van der Waals surface area contributed by atoms with Crippen LogP contribution in [0.5, 0.6) is 0 Å². The lowest BCUT2D eigenvalue weighted by Crippen LogP contribution is -2.01. The van der Waals surface area contributed by atoms with Crippen molar-refractivity contribution in [3.8, 4) is 0 Å². The molecule has 0 aromatic heterocycles. The second-order valence-corrected chi connectivity index (χ2v) is 9.95. The minimum absolute atomic E-state index is 1.04. The summed E-state index contributed by atoms with van der Waals surface area (Å²) in [5, 5.41) is 0. The first-order valence-electron chi connectivity index (χ1n) is 14.3. The maximum absolute atomic E-state index is 2.33. The van der Waals surface area contributed by atoms with Crippen LogP contribution in [0.2, 0.25) is 0 Å². The highest BCUT2D eigenvalue weighted by atomic mass is 14.1. The third-order valence-corrected chi connectivity index (χ3v) is 6.90. The zero-order valence-electron chi connectivity index (χ0n) is 21.3. The second-order valence-electron chi connectivity index (χ2n) is 9.95. The molecule has 0 saturated carbocycles. The Morgan fingerprint density at radius 3 is 0.759 bits per heavy atom. The summed E-state index contributed by atoms with van der Waals surface area (Å²) in [5.74, 6) is 1.04. The van der Waals surface area contributed by atoms with Crippen LogP contribution in [-0.2, 0) is 0 Å². The maximum Gasteiger partial charge on any atom is -0.0414 e. The molecule has 0 aliphatic rings. The maximum atomic E-state index is 2.33. The number of unbranched alkanes of at least 4 members (excludes halogenated alkanes) is 19. The fourth-order valence-electron chi connectivity index (χ4n) is 4.78. The average molecular weight is 409 g/mol. The van der Waals surface area contributed by atoms with E-state index in [0.29, 0.717) is 0 Å². The summed E-state index contributed by atoms with van der Waals surface area (Å²) < 4.78 is 0. The van der Waals surface area contributed by atoms with Gasteiger partial charge in [0, 0.05) is 0 Å². The largest absolute Gasteiger partial charge is 0.0654 e. The molecule has 0 spiro atoms. The summed E-state index contributed by atoms with van der Waals surface area (Å²) in [6.45, 7) is 6.96. The third-order valence-electron chi connectivity index (χ3n) is 6.90. The van der Waals surface area contributed by atoms with Crippen LogP contribution in [0.25, 0.3) is 0 Å². The Labute approximate surface area is 187 Å². The molecular formula is C29H60. The third kappa shape index (κ3) is 24.1. The van der Waals surface area contributed by atoms with E-state index in [1.165, 1.54) is 161 Å². The van der Waals surface area contributed by atoms with E-state index in [-0.39, 0.29) is 0 Å². The van der Waals surface area contributed by atoms with Gasteiger partial charge in [-0.15, -0.1) is 0 Å². The standard InChI is InChI=1S/C29H60/c1-4-7-10-13-15-16-17-18-20-22-25-28-29(26-23-12-9-6-3)27-24-21-19-14-11-8-5-2/h29H,4-28H2,1-3H3. The molecule has 0 saturated heterocycles. The lowest BCUT2D eigenvalue weighted by Gasteiger charge is -2.17. The van der Waals surface area contributed by atoms with Crippen molar-refractivity contribution in [2.45, 2.75) is 181 Å². The normalized spacial score (nSPS) is 12.5. The molecule has 0 heteroatoms. The molecule has 0 bridgehead atoms. The minimum atomic E-state index is 1.04. The highest BCUT2D eigenvalue weighted by Crippen LogP contribution is 2.24. The van der Waals surface area contributed by atoms with Gasteiger partial charge in [-0.05, 0) is 5.92 Å². The van der Waals surface area contributed by atoms with Gasteiger partial charge >= 0.3 is 0 Å². The van der Waals surface area contributed by atoms with E-state index >= 15 is 0 Å². The van der Waals surface area contributed by atoms with Gasteiger partial charge in [-0.25, -0.2) is 0 Å². The van der Waals surface area contributed by atoms with Crippen LogP contribution in [0, 0.1) is 5.92 Å². The molecule has 0 N–H and O–H groups in total. The van der Waals surface area contributed by atoms with Crippen molar-refractivity contribution in [2.24, 2.45) is 5.92 Å². The summed E-state index contributed by atoms with van der Waals surface area (Å²) in [5.41, 5.74) is 0. The van der Waals surface area contributed by atoms with Gasteiger partial charge in [0.1, 0.15) is 0 Å². The van der Waals surface area contributed by atoms with Gasteiger partial charge in [0.05, 0.1) is 0 Å². The van der Waals surface area contributed by atoms with Crippen LogP contribution in [0.4, 0.5) is 0 Å². The monoisotopic (exact) mass is 408 g/mol. The fraction of sp³-hybridized carbons (Fsp3) is 1.00. The van der Waals surface area contributed by atoms with Crippen LogP contribution in [0.1, 0.15) is 181 Å². The van der Waals surface area contributed by atoms with E-state index in [2.05, 4.69) is 20.8 Å². The molecule has 0 rings (SSSR count). The zero-order valence-corrected chi connectivity index (χ0v) is 21.3. The predicted molar refractivity (Wildman–Crippen MR) is 136 cm³/mol. The van der Waals surface area contributed by atoms with Crippen molar-refractivity contribution < 1.29 is 0 Å². The van der Waals surface area contributed by atoms with Crippen molar-refractivity contribution in [1.82, 2.24) is 0 Å². The Bertz CT molecular complexity index is 269. The first-order valence-corrected chi connectivity index (χ1v) is 14.3. The summed E-state index contributed by atoms with van der Waals surface area (Å²) in [7, 11) is 0. The Kier molecular flexibility index (Phi) is 26.0. The summed E-state index contributed by atoms with van der Waals surface area (Å²) >= 11 is 0. The van der Waals surface area contributed by atoms with Gasteiger partial charge in [0.15, 0.2) is 0 Å². The molecule has 0 aromatic rings. The quantitative estimate of drug-likeness (QED) is 0.132. The van der Waals surface area contributed by atoms with E-state index in [0.717, 1.165) is 5.92 Å². The van der Waals surface area contributed by atoms with Gasteiger partial charge in [-0.2, -0.15) is 0 Å². The molecule has 0 heterocycles. The number of hydrogen-bond acceptors (Lipinski definition) is 0. The van der Waals surface area contributed by atoms with Crippen LogP contribution in [0.15, 0.2) is 0 Å². The van der Waals surface area contributed by atoms with Crippen molar-refractivity contribution in [1.29, 1.82) is 0 Å². The average Bonchev–Trinajstić information content (AvgIpc) is 2.73. The second kappa shape index (κ2) is 26.0. The van der Waals surface area contributed by atoms with Crippen molar-refractivity contribution in [2.75, 3.05) is 0 Å². The molecule has 176 valence electrons. The van der Waals surface area contributed by atoms with Crippen molar-refractivity contribution in [3.05, 3.63) is 0 Å². The molecule has 0 aromatic carbocycles. The van der Waals surface area contributed by atoms with Crippen molar-refractivity contribution >= 4 is 0 Å². The van der Waals surface area contributed by atoms with Crippen LogP contribution in [0.3, 0.4) is 0 Å². The highest BCUT2D eigenvalue weighted by Gasteiger charge is 2.08. The Hall–Kier alpha value is 0. The molecule has 1 unspecified atom stereocenters.